The largest absolute Gasteiger partial charge is 0.0811 e. The third-order valence-corrected chi connectivity index (χ3v) is 5.25. The van der Waals surface area contributed by atoms with Gasteiger partial charge in [0.15, 0.2) is 0 Å². The van der Waals surface area contributed by atoms with Crippen LogP contribution in [-0.2, 0) is 0 Å². The van der Waals surface area contributed by atoms with E-state index in [-0.39, 0.29) is 0 Å². The van der Waals surface area contributed by atoms with Gasteiger partial charge in [-0.2, -0.15) is 0 Å². The standard InChI is InChI=1S/C18H30/c1-14(16-9-5-6-10-16)11-12-17-15(2)8-7-13-18(17,3)4/h11-12,14,16H,5-10,13H2,1-4H3/b12-11+. The van der Waals surface area contributed by atoms with Gasteiger partial charge in [-0.25, -0.2) is 0 Å². The summed E-state index contributed by atoms with van der Waals surface area (Å²) in [5.41, 5.74) is 3.65. The van der Waals surface area contributed by atoms with E-state index in [1.54, 1.807) is 11.1 Å². The molecule has 2 aliphatic rings. The van der Waals surface area contributed by atoms with Crippen LogP contribution in [0.15, 0.2) is 23.3 Å². The number of rotatable bonds is 3. The Morgan fingerprint density at radius 2 is 1.83 bits per heavy atom. The van der Waals surface area contributed by atoms with Crippen LogP contribution in [0.25, 0.3) is 0 Å². The van der Waals surface area contributed by atoms with Crippen LogP contribution < -0.4 is 0 Å². The number of hydrogen-bond donors (Lipinski definition) is 0. The van der Waals surface area contributed by atoms with Crippen LogP contribution in [0.5, 0.6) is 0 Å². The molecule has 1 atom stereocenters. The second-order valence-corrected chi connectivity index (χ2v) is 7.19. The Kier molecular flexibility index (Phi) is 4.35. The van der Waals surface area contributed by atoms with Crippen molar-refractivity contribution in [1.29, 1.82) is 0 Å². The Hall–Kier alpha value is -0.520. The molecule has 0 saturated heterocycles. The van der Waals surface area contributed by atoms with Crippen molar-refractivity contribution in [3.63, 3.8) is 0 Å². The van der Waals surface area contributed by atoms with E-state index in [0.717, 1.165) is 11.8 Å². The molecule has 18 heavy (non-hydrogen) atoms. The molecule has 0 nitrogen and oxygen atoms in total. The first-order chi connectivity index (χ1) is 8.50. The molecule has 1 fully saturated rings. The summed E-state index contributed by atoms with van der Waals surface area (Å²) in [5, 5.41) is 0. The van der Waals surface area contributed by atoms with Gasteiger partial charge in [-0.15, -0.1) is 0 Å². The molecule has 0 aromatic heterocycles. The van der Waals surface area contributed by atoms with Crippen LogP contribution in [0, 0.1) is 17.3 Å². The van der Waals surface area contributed by atoms with E-state index in [2.05, 4.69) is 39.8 Å². The van der Waals surface area contributed by atoms with Crippen LogP contribution in [-0.4, -0.2) is 0 Å². The van der Waals surface area contributed by atoms with E-state index in [1.807, 2.05) is 0 Å². The monoisotopic (exact) mass is 246 g/mol. The van der Waals surface area contributed by atoms with Crippen molar-refractivity contribution in [2.45, 2.75) is 72.6 Å². The summed E-state index contributed by atoms with van der Waals surface area (Å²) in [6, 6.07) is 0. The normalized spacial score (nSPS) is 27.1. The molecule has 1 unspecified atom stereocenters. The predicted molar refractivity (Wildman–Crippen MR) is 80.6 cm³/mol. The van der Waals surface area contributed by atoms with Crippen molar-refractivity contribution in [3.05, 3.63) is 23.3 Å². The molecule has 0 heterocycles. The highest BCUT2D eigenvalue weighted by molar-refractivity contribution is 5.32. The fraction of sp³-hybridized carbons (Fsp3) is 0.778. The highest BCUT2D eigenvalue weighted by Crippen LogP contribution is 2.41. The maximum absolute atomic E-state index is 2.50. The summed E-state index contributed by atoms with van der Waals surface area (Å²) in [4.78, 5) is 0. The van der Waals surface area contributed by atoms with Gasteiger partial charge >= 0.3 is 0 Å². The van der Waals surface area contributed by atoms with Crippen molar-refractivity contribution in [2.75, 3.05) is 0 Å². The topological polar surface area (TPSA) is 0 Å². The van der Waals surface area contributed by atoms with E-state index in [4.69, 9.17) is 0 Å². The average molecular weight is 246 g/mol. The van der Waals surface area contributed by atoms with Crippen molar-refractivity contribution >= 4 is 0 Å². The summed E-state index contributed by atoms with van der Waals surface area (Å²) in [7, 11) is 0. The summed E-state index contributed by atoms with van der Waals surface area (Å²) in [6.07, 6.45) is 14.8. The van der Waals surface area contributed by atoms with Gasteiger partial charge in [0.2, 0.25) is 0 Å². The molecule has 0 aromatic rings. The van der Waals surface area contributed by atoms with Gasteiger partial charge in [0, 0.05) is 0 Å². The lowest BCUT2D eigenvalue weighted by Gasteiger charge is -2.33. The fourth-order valence-corrected chi connectivity index (χ4v) is 3.90. The Bertz CT molecular complexity index is 337. The molecule has 0 amide bonds. The van der Waals surface area contributed by atoms with Gasteiger partial charge < -0.3 is 0 Å². The summed E-state index contributed by atoms with van der Waals surface area (Å²) >= 11 is 0. The van der Waals surface area contributed by atoms with Crippen molar-refractivity contribution < 1.29 is 0 Å². The molecule has 0 spiro atoms. The molecule has 2 aliphatic carbocycles. The van der Waals surface area contributed by atoms with Gasteiger partial charge in [0.25, 0.3) is 0 Å². The van der Waals surface area contributed by atoms with E-state index in [1.165, 1.54) is 44.9 Å². The Morgan fingerprint density at radius 3 is 2.44 bits per heavy atom. The highest BCUT2D eigenvalue weighted by atomic mass is 14.3. The Labute approximate surface area is 114 Å². The summed E-state index contributed by atoms with van der Waals surface area (Å²) < 4.78 is 0. The van der Waals surface area contributed by atoms with E-state index >= 15 is 0 Å². The Balaban J connectivity index is 2.06. The van der Waals surface area contributed by atoms with Crippen LogP contribution in [0.3, 0.4) is 0 Å². The van der Waals surface area contributed by atoms with Crippen LogP contribution in [0.2, 0.25) is 0 Å². The molecule has 0 heteroatoms. The molecule has 1 saturated carbocycles. The Morgan fingerprint density at radius 1 is 1.17 bits per heavy atom. The van der Waals surface area contributed by atoms with Gasteiger partial charge in [-0.3, -0.25) is 0 Å². The smallest absolute Gasteiger partial charge is 0.0104 e. The summed E-state index contributed by atoms with van der Waals surface area (Å²) in [6.45, 7) is 9.57. The molecule has 0 bridgehead atoms. The molecule has 2 rings (SSSR count). The lowest BCUT2D eigenvalue weighted by atomic mass is 9.72. The van der Waals surface area contributed by atoms with E-state index < -0.39 is 0 Å². The molecule has 0 N–H and O–H groups in total. The van der Waals surface area contributed by atoms with Crippen molar-refractivity contribution in [1.82, 2.24) is 0 Å². The van der Waals surface area contributed by atoms with Crippen molar-refractivity contribution in [2.24, 2.45) is 17.3 Å². The second kappa shape index (κ2) is 5.63. The zero-order chi connectivity index (χ0) is 13.2. The first kappa shape index (κ1) is 13.9. The van der Waals surface area contributed by atoms with Crippen LogP contribution in [0.1, 0.15) is 72.6 Å². The molecule has 102 valence electrons. The van der Waals surface area contributed by atoms with Gasteiger partial charge in [-0.1, -0.05) is 51.3 Å². The lowest BCUT2D eigenvalue weighted by Crippen LogP contribution is -2.19. The minimum atomic E-state index is 0.397. The second-order valence-electron chi connectivity index (χ2n) is 7.19. The molecule has 0 radical (unpaired) electrons. The number of hydrogen-bond acceptors (Lipinski definition) is 0. The van der Waals surface area contributed by atoms with E-state index in [9.17, 15) is 0 Å². The quantitative estimate of drug-likeness (QED) is 0.582. The highest BCUT2D eigenvalue weighted by Gasteiger charge is 2.27. The fourth-order valence-electron chi connectivity index (χ4n) is 3.90. The zero-order valence-corrected chi connectivity index (χ0v) is 12.8. The third-order valence-electron chi connectivity index (χ3n) is 5.25. The minimum Gasteiger partial charge on any atom is -0.0811 e. The molecule has 0 aliphatic heterocycles. The zero-order valence-electron chi connectivity index (χ0n) is 12.8. The summed E-state index contributed by atoms with van der Waals surface area (Å²) in [5.74, 6) is 1.72. The van der Waals surface area contributed by atoms with Gasteiger partial charge in [0.05, 0.1) is 0 Å². The molecular formula is C18H30. The maximum atomic E-state index is 2.50. The molecular weight excluding hydrogens is 216 g/mol. The van der Waals surface area contributed by atoms with Gasteiger partial charge in [-0.05, 0) is 61.9 Å². The number of allylic oxidation sites excluding steroid dienone is 4. The van der Waals surface area contributed by atoms with Gasteiger partial charge in [0.1, 0.15) is 0 Å². The van der Waals surface area contributed by atoms with E-state index in [0.29, 0.717) is 5.41 Å². The first-order valence-electron chi connectivity index (χ1n) is 7.89. The molecule has 0 aromatic carbocycles. The average Bonchev–Trinajstić information content (AvgIpc) is 2.80. The predicted octanol–water partition coefficient (Wildman–Crippen LogP) is 5.90. The van der Waals surface area contributed by atoms with Crippen LogP contribution >= 0.6 is 0 Å². The SMILES string of the molecule is CC1=C(/C=C/C(C)C2CCCC2)C(C)(C)CCC1. The van der Waals surface area contributed by atoms with Crippen molar-refractivity contribution in [3.8, 4) is 0 Å². The lowest BCUT2D eigenvalue weighted by molar-refractivity contribution is 0.375. The van der Waals surface area contributed by atoms with Crippen LogP contribution in [0.4, 0.5) is 0 Å². The first-order valence-corrected chi connectivity index (χ1v) is 7.89. The minimum absolute atomic E-state index is 0.397. The third kappa shape index (κ3) is 3.08. The maximum Gasteiger partial charge on any atom is -0.0104 e.